The van der Waals surface area contributed by atoms with Gasteiger partial charge < -0.3 is 0 Å². The lowest BCUT2D eigenvalue weighted by Gasteiger charge is -2.23. The highest BCUT2D eigenvalue weighted by atomic mass is 35.5. The van der Waals surface area contributed by atoms with E-state index in [2.05, 4.69) is 4.72 Å². The third-order valence-electron chi connectivity index (χ3n) is 1.93. The van der Waals surface area contributed by atoms with E-state index in [0.717, 1.165) is 12.8 Å². The Hall–Kier alpha value is 0.200. The van der Waals surface area contributed by atoms with Crippen molar-refractivity contribution in [3.05, 3.63) is 0 Å². The lowest BCUT2D eigenvalue weighted by molar-refractivity contribution is 0.516. The molecule has 0 fully saturated rings. The zero-order valence-electron chi connectivity index (χ0n) is 9.30. The second-order valence-corrected chi connectivity index (χ2v) is 7.31. The third kappa shape index (κ3) is 4.62. The number of sulfonamides is 1. The van der Waals surface area contributed by atoms with E-state index < -0.39 is 14.8 Å². The maximum atomic E-state index is 11.7. The molecular weight excluding hydrogens is 222 g/mol. The fourth-order valence-corrected chi connectivity index (χ4v) is 2.04. The standard InChI is InChI=1S/C9H20ClNO2S/c1-8(6-5-7-10)11-14(12,13)9(2,3)4/h8,11H,5-7H2,1-4H3. The number of hydrogen-bond acceptors (Lipinski definition) is 2. The van der Waals surface area contributed by atoms with Gasteiger partial charge in [-0.05, 0) is 40.5 Å². The van der Waals surface area contributed by atoms with Gasteiger partial charge in [-0.15, -0.1) is 11.6 Å². The Balaban J connectivity index is 4.24. The van der Waals surface area contributed by atoms with Crippen LogP contribution in [0.25, 0.3) is 0 Å². The summed E-state index contributed by atoms with van der Waals surface area (Å²) < 4.78 is 25.3. The summed E-state index contributed by atoms with van der Waals surface area (Å²) in [6, 6.07) is -0.0435. The molecule has 0 aliphatic carbocycles. The van der Waals surface area contributed by atoms with Gasteiger partial charge in [-0.3, -0.25) is 0 Å². The molecule has 14 heavy (non-hydrogen) atoms. The van der Waals surface area contributed by atoms with Gasteiger partial charge in [0.05, 0.1) is 4.75 Å². The van der Waals surface area contributed by atoms with E-state index >= 15 is 0 Å². The molecule has 0 spiro atoms. The molecule has 0 radical (unpaired) electrons. The first-order valence-electron chi connectivity index (χ1n) is 4.78. The van der Waals surface area contributed by atoms with Crippen molar-refractivity contribution < 1.29 is 8.42 Å². The zero-order valence-corrected chi connectivity index (χ0v) is 10.9. The van der Waals surface area contributed by atoms with Crippen molar-refractivity contribution in [3.63, 3.8) is 0 Å². The summed E-state index contributed by atoms with van der Waals surface area (Å²) in [5.74, 6) is 0.571. The quantitative estimate of drug-likeness (QED) is 0.750. The normalized spacial score (nSPS) is 15.5. The van der Waals surface area contributed by atoms with E-state index in [0.29, 0.717) is 5.88 Å². The van der Waals surface area contributed by atoms with Gasteiger partial charge in [-0.1, -0.05) is 0 Å². The van der Waals surface area contributed by atoms with Gasteiger partial charge >= 0.3 is 0 Å². The van der Waals surface area contributed by atoms with E-state index in [4.69, 9.17) is 11.6 Å². The zero-order chi connectivity index (χ0) is 11.4. The van der Waals surface area contributed by atoms with Crippen LogP contribution in [0.5, 0.6) is 0 Å². The number of hydrogen-bond donors (Lipinski definition) is 1. The first-order valence-corrected chi connectivity index (χ1v) is 6.80. The highest BCUT2D eigenvalue weighted by Gasteiger charge is 2.29. The molecule has 86 valence electrons. The van der Waals surface area contributed by atoms with Gasteiger partial charge in [0, 0.05) is 11.9 Å². The van der Waals surface area contributed by atoms with Crippen LogP contribution in [0.1, 0.15) is 40.5 Å². The minimum Gasteiger partial charge on any atom is -0.212 e. The fraction of sp³-hybridized carbons (Fsp3) is 1.00. The first-order chi connectivity index (χ1) is 6.20. The maximum absolute atomic E-state index is 11.7. The van der Waals surface area contributed by atoms with Crippen LogP contribution in [-0.2, 0) is 10.0 Å². The summed E-state index contributed by atoms with van der Waals surface area (Å²) >= 11 is 5.53. The molecule has 1 unspecified atom stereocenters. The van der Waals surface area contributed by atoms with Crippen molar-refractivity contribution in [2.75, 3.05) is 5.88 Å². The molecule has 1 N–H and O–H groups in total. The van der Waals surface area contributed by atoms with Crippen molar-refractivity contribution in [1.82, 2.24) is 4.72 Å². The third-order valence-corrected chi connectivity index (χ3v) is 4.53. The Morgan fingerprint density at radius 1 is 1.36 bits per heavy atom. The van der Waals surface area contributed by atoms with Crippen LogP contribution in [0.15, 0.2) is 0 Å². The number of halogens is 1. The summed E-state index contributed by atoms with van der Waals surface area (Å²) in [5.41, 5.74) is 0. The number of alkyl halides is 1. The van der Waals surface area contributed by atoms with E-state index in [-0.39, 0.29) is 6.04 Å². The fourth-order valence-electron chi connectivity index (χ4n) is 0.884. The second-order valence-electron chi connectivity index (χ2n) is 4.47. The van der Waals surface area contributed by atoms with Gasteiger partial charge in [0.2, 0.25) is 10.0 Å². The molecule has 0 saturated carbocycles. The summed E-state index contributed by atoms with van der Waals surface area (Å²) in [6.45, 7) is 6.91. The summed E-state index contributed by atoms with van der Waals surface area (Å²) in [5, 5.41) is 0. The SMILES string of the molecule is CC(CCCCl)NS(=O)(=O)C(C)(C)C. The highest BCUT2D eigenvalue weighted by Crippen LogP contribution is 2.14. The largest absolute Gasteiger partial charge is 0.216 e. The predicted molar refractivity (Wildman–Crippen MR) is 61.2 cm³/mol. The Morgan fingerprint density at radius 2 is 1.86 bits per heavy atom. The molecule has 0 aliphatic rings. The average Bonchev–Trinajstić information content (AvgIpc) is 1.97. The van der Waals surface area contributed by atoms with Crippen molar-refractivity contribution in [1.29, 1.82) is 0 Å². The Labute approximate surface area is 92.3 Å². The monoisotopic (exact) mass is 241 g/mol. The molecule has 0 aromatic heterocycles. The molecule has 0 aliphatic heterocycles. The number of nitrogens with one attached hydrogen (secondary N) is 1. The molecule has 0 amide bonds. The molecule has 0 bridgehead atoms. The summed E-state index contributed by atoms with van der Waals surface area (Å²) in [7, 11) is -3.22. The molecular formula is C9H20ClNO2S. The highest BCUT2D eigenvalue weighted by molar-refractivity contribution is 7.90. The molecule has 3 nitrogen and oxygen atoms in total. The molecule has 0 rings (SSSR count). The topological polar surface area (TPSA) is 46.2 Å². The lowest BCUT2D eigenvalue weighted by Crippen LogP contribution is -2.43. The van der Waals surface area contributed by atoms with Crippen LogP contribution >= 0.6 is 11.6 Å². The molecule has 0 aromatic rings. The minimum absolute atomic E-state index is 0.0435. The minimum atomic E-state index is -3.22. The molecule has 5 heteroatoms. The smallest absolute Gasteiger partial charge is 0.212 e. The van der Waals surface area contributed by atoms with Crippen LogP contribution < -0.4 is 4.72 Å². The molecule has 0 heterocycles. The number of rotatable bonds is 5. The van der Waals surface area contributed by atoms with Gasteiger partial charge in [-0.25, -0.2) is 13.1 Å². The van der Waals surface area contributed by atoms with E-state index in [1.807, 2.05) is 6.92 Å². The molecule has 1 atom stereocenters. The van der Waals surface area contributed by atoms with E-state index in [9.17, 15) is 8.42 Å². The van der Waals surface area contributed by atoms with Crippen molar-refractivity contribution in [3.8, 4) is 0 Å². The maximum Gasteiger partial charge on any atom is 0.216 e. The Bertz CT molecular complexity index is 256. The summed E-state index contributed by atoms with van der Waals surface area (Å²) in [4.78, 5) is 0. The van der Waals surface area contributed by atoms with Crippen LogP contribution in [0.2, 0.25) is 0 Å². The predicted octanol–water partition coefficient (Wildman–Crippen LogP) is 2.11. The van der Waals surface area contributed by atoms with Crippen LogP contribution in [0.3, 0.4) is 0 Å². The second kappa shape index (κ2) is 5.33. The van der Waals surface area contributed by atoms with Crippen molar-refractivity contribution >= 4 is 21.6 Å². The summed E-state index contributed by atoms with van der Waals surface area (Å²) in [6.07, 6.45) is 1.61. The van der Waals surface area contributed by atoms with Crippen molar-refractivity contribution in [2.24, 2.45) is 0 Å². The van der Waals surface area contributed by atoms with Gasteiger partial charge in [-0.2, -0.15) is 0 Å². The lowest BCUT2D eigenvalue weighted by atomic mass is 10.2. The molecule has 0 saturated heterocycles. The average molecular weight is 242 g/mol. The van der Waals surface area contributed by atoms with Crippen molar-refractivity contribution in [2.45, 2.75) is 51.3 Å². The van der Waals surface area contributed by atoms with Gasteiger partial charge in [0.15, 0.2) is 0 Å². The molecule has 0 aromatic carbocycles. The van der Waals surface area contributed by atoms with Crippen LogP contribution in [0.4, 0.5) is 0 Å². The Kier molecular flexibility index (Phi) is 5.41. The van der Waals surface area contributed by atoms with Crippen LogP contribution in [-0.4, -0.2) is 25.1 Å². The van der Waals surface area contributed by atoms with E-state index in [1.54, 1.807) is 20.8 Å². The van der Waals surface area contributed by atoms with E-state index in [1.165, 1.54) is 0 Å². The Morgan fingerprint density at radius 3 is 2.21 bits per heavy atom. The van der Waals surface area contributed by atoms with Gasteiger partial charge in [0.25, 0.3) is 0 Å². The van der Waals surface area contributed by atoms with Gasteiger partial charge in [0.1, 0.15) is 0 Å². The first kappa shape index (κ1) is 14.2. The van der Waals surface area contributed by atoms with Crippen LogP contribution in [0, 0.1) is 0 Å².